The van der Waals surface area contributed by atoms with E-state index < -0.39 is 5.91 Å². The number of halogens is 1. The lowest BCUT2D eigenvalue weighted by Crippen LogP contribution is -2.20. The Labute approximate surface area is 139 Å². The Bertz CT molecular complexity index is 701. The third kappa shape index (κ3) is 5.08. The summed E-state index contributed by atoms with van der Waals surface area (Å²) in [4.78, 5) is 22.9. The van der Waals surface area contributed by atoms with Crippen molar-refractivity contribution in [2.24, 2.45) is 0 Å². The first-order chi connectivity index (χ1) is 11.6. The molecule has 0 atom stereocenters. The van der Waals surface area contributed by atoms with Crippen molar-refractivity contribution < 1.29 is 23.5 Å². The topological polar surface area (TPSA) is 64.6 Å². The van der Waals surface area contributed by atoms with Gasteiger partial charge in [0, 0.05) is 11.8 Å². The number of ether oxygens (including phenoxy) is 2. The van der Waals surface area contributed by atoms with E-state index in [0.29, 0.717) is 29.9 Å². The van der Waals surface area contributed by atoms with Crippen molar-refractivity contribution >= 4 is 17.9 Å². The van der Waals surface area contributed by atoms with Crippen molar-refractivity contribution in [3.05, 3.63) is 53.8 Å². The van der Waals surface area contributed by atoms with Gasteiger partial charge in [0.25, 0.3) is 5.91 Å². The van der Waals surface area contributed by atoms with Gasteiger partial charge < -0.3 is 14.8 Å². The molecule has 0 heterocycles. The zero-order valence-electron chi connectivity index (χ0n) is 13.3. The minimum Gasteiger partial charge on any atom is -0.493 e. The number of hydrogen-bond acceptors (Lipinski definition) is 4. The predicted molar refractivity (Wildman–Crippen MR) is 88.1 cm³/mol. The van der Waals surface area contributed by atoms with Crippen LogP contribution in [0.5, 0.6) is 11.5 Å². The van der Waals surface area contributed by atoms with Gasteiger partial charge in [0.05, 0.1) is 12.2 Å². The smallest absolute Gasteiger partial charge is 0.262 e. The van der Waals surface area contributed by atoms with Gasteiger partial charge in [0.15, 0.2) is 12.9 Å². The summed E-state index contributed by atoms with van der Waals surface area (Å²) in [6.45, 7) is 2.25. The molecule has 2 rings (SSSR count). The average molecular weight is 331 g/mol. The van der Waals surface area contributed by atoms with E-state index in [-0.39, 0.29) is 18.2 Å². The van der Waals surface area contributed by atoms with E-state index in [1.165, 1.54) is 24.3 Å². The number of nitrogens with one attached hydrogen (secondary N) is 1. The van der Waals surface area contributed by atoms with E-state index in [1.807, 2.05) is 6.92 Å². The maximum atomic E-state index is 12.8. The molecule has 0 saturated heterocycles. The summed E-state index contributed by atoms with van der Waals surface area (Å²) in [5.74, 6) is 0.0337. The molecule has 0 aliphatic rings. The van der Waals surface area contributed by atoms with Gasteiger partial charge in [0.1, 0.15) is 17.3 Å². The van der Waals surface area contributed by atoms with Gasteiger partial charge in [-0.1, -0.05) is 6.92 Å². The highest BCUT2D eigenvalue weighted by molar-refractivity contribution is 5.92. The molecule has 0 aliphatic carbocycles. The van der Waals surface area contributed by atoms with Crippen molar-refractivity contribution in [2.75, 3.05) is 18.5 Å². The summed E-state index contributed by atoms with van der Waals surface area (Å²) < 4.78 is 23.7. The monoisotopic (exact) mass is 331 g/mol. The summed E-state index contributed by atoms with van der Waals surface area (Å²) in [6.07, 6.45) is 1.50. The largest absolute Gasteiger partial charge is 0.493 e. The summed E-state index contributed by atoms with van der Waals surface area (Å²) in [7, 11) is 0. The average Bonchev–Trinajstić information content (AvgIpc) is 2.60. The van der Waals surface area contributed by atoms with E-state index in [1.54, 1.807) is 18.2 Å². The van der Waals surface area contributed by atoms with Gasteiger partial charge in [-0.05, 0) is 42.8 Å². The molecule has 2 aromatic rings. The van der Waals surface area contributed by atoms with Crippen LogP contribution in [0.1, 0.15) is 23.7 Å². The van der Waals surface area contributed by atoms with Crippen molar-refractivity contribution in [1.29, 1.82) is 0 Å². The molecule has 2 aromatic carbocycles. The second-order valence-electron chi connectivity index (χ2n) is 5.01. The lowest BCUT2D eigenvalue weighted by atomic mass is 10.2. The van der Waals surface area contributed by atoms with E-state index >= 15 is 0 Å². The van der Waals surface area contributed by atoms with Crippen LogP contribution in [0.3, 0.4) is 0 Å². The maximum absolute atomic E-state index is 12.8. The molecule has 5 nitrogen and oxygen atoms in total. The first-order valence-electron chi connectivity index (χ1n) is 7.52. The van der Waals surface area contributed by atoms with Crippen molar-refractivity contribution in [3.63, 3.8) is 0 Å². The van der Waals surface area contributed by atoms with Crippen LogP contribution >= 0.6 is 0 Å². The molecule has 0 bridgehead atoms. The van der Waals surface area contributed by atoms with E-state index in [4.69, 9.17) is 9.47 Å². The van der Waals surface area contributed by atoms with Crippen LogP contribution in [-0.2, 0) is 4.79 Å². The molecule has 126 valence electrons. The van der Waals surface area contributed by atoms with E-state index in [2.05, 4.69) is 5.32 Å². The molecule has 0 spiro atoms. The van der Waals surface area contributed by atoms with Crippen molar-refractivity contribution in [1.82, 2.24) is 0 Å². The molecular formula is C18H18FNO4. The van der Waals surface area contributed by atoms with Gasteiger partial charge >= 0.3 is 0 Å². The van der Waals surface area contributed by atoms with Gasteiger partial charge in [-0.3, -0.25) is 9.59 Å². The molecule has 1 N–H and O–H groups in total. The second kappa shape index (κ2) is 8.67. The Kier molecular flexibility index (Phi) is 6.31. The first kappa shape index (κ1) is 17.5. The standard InChI is InChI=1S/C18H18FNO4/c1-2-9-23-16-8-3-13(11-21)17(10-16)24-12-18(22)20-15-6-4-14(19)5-7-15/h3-8,10-11H,2,9,12H2,1H3,(H,20,22). The Hall–Kier alpha value is -2.89. The highest BCUT2D eigenvalue weighted by Gasteiger charge is 2.09. The number of aldehydes is 1. The Balaban J connectivity index is 1.97. The fraction of sp³-hybridized carbons (Fsp3) is 0.222. The summed E-state index contributed by atoms with van der Waals surface area (Å²) >= 11 is 0. The van der Waals surface area contributed by atoms with Crippen molar-refractivity contribution in [3.8, 4) is 11.5 Å². The number of rotatable bonds is 8. The van der Waals surface area contributed by atoms with E-state index in [9.17, 15) is 14.0 Å². The van der Waals surface area contributed by atoms with Crippen LogP contribution in [0.25, 0.3) is 0 Å². The molecule has 0 aliphatic heterocycles. The quantitative estimate of drug-likeness (QED) is 0.753. The second-order valence-corrected chi connectivity index (χ2v) is 5.01. The van der Waals surface area contributed by atoms with Gasteiger partial charge in [-0.25, -0.2) is 4.39 Å². The number of carbonyl (C=O) groups is 2. The summed E-state index contributed by atoms with van der Waals surface area (Å²) in [6, 6.07) is 10.2. The van der Waals surface area contributed by atoms with Crippen LogP contribution in [0.4, 0.5) is 10.1 Å². The molecule has 0 fully saturated rings. The van der Waals surface area contributed by atoms with Crippen LogP contribution in [0.2, 0.25) is 0 Å². The summed E-state index contributed by atoms with van der Waals surface area (Å²) in [5.41, 5.74) is 0.786. The Morgan fingerprint density at radius 1 is 1.17 bits per heavy atom. The molecule has 0 aromatic heterocycles. The molecule has 24 heavy (non-hydrogen) atoms. The molecule has 6 heteroatoms. The highest BCUT2D eigenvalue weighted by Crippen LogP contribution is 2.24. The van der Waals surface area contributed by atoms with Crippen LogP contribution < -0.4 is 14.8 Å². The number of carbonyl (C=O) groups excluding carboxylic acids is 2. The number of benzene rings is 2. The fourth-order valence-corrected chi connectivity index (χ4v) is 1.92. The fourth-order valence-electron chi connectivity index (χ4n) is 1.92. The third-order valence-electron chi connectivity index (χ3n) is 3.07. The summed E-state index contributed by atoms with van der Waals surface area (Å²) in [5, 5.41) is 2.58. The highest BCUT2D eigenvalue weighted by atomic mass is 19.1. The SMILES string of the molecule is CCCOc1ccc(C=O)c(OCC(=O)Nc2ccc(F)cc2)c1. The molecule has 0 saturated carbocycles. The van der Waals surface area contributed by atoms with E-state index in [0.717, 1.165) is 6.42 Å². The maximum Gasteiger partial charge on any atom is 0.262 e. The van der Waals surface area contributed by atoms with Gasteiger partial charge in [-0.2, -0.15) is 0 Å². The molecule has 1 amide bonds. The predicted octanol–water partition coefficient (Wildman–Crippen LogP) is 3.44. The van der Waals surface area contributed by atoms with Gasteiger partial charge in [-0.15, -0.1) is 0 Å². The minimum absolute atomic E-state index is 0.271. The van der Waals surface area contributed by atoms with Crippen molar-refractivity contribution in [2.45, 2.75) is 13.3 Å². The minimum atomic E-state index is -0.418. The lowest BCUT2D eigenvalue weighted by Gasteiger charge is -2.11. The van der Waals surface area contributed by atoms with Gasteiger partial charge in [0.2, 0.25) is 0 Å². The van der Waals surface area contributed by atoms with Crippen LogP contribution in [0, 0.1) is 5.82 Å². The Morgan fingerprint density at radius 3 is 2.58 bits per heavy atom. The Morgan fingerprint density at radius 2 is 1.92 bits per heavy atom. The molecule has 0 unspecified atom stereocenters. The first-order valence-corrected chi connectivity index (χ1v) is 7.52. The zero-order chi connectivity index (χ0) is 17.4. The lowest BCUT2D eigenvalue weighted by molar-refractivity contribution is -0.118. The molecule has 0 radical (unpaired) electrons. The van der Waals surface area contributed by atoms with Crippen LogP contribution in [0.15, 0.2) is 42.5 Å². The normalized spacial score (nSPS) is 10.1. The number of anilines is 1. The zero-order valence-corrected chi connectivity index (χ0v) is 13.3. The number of hydrogen-bond donors (Lipinski definition) is 1. The third-order valence-corrected chi connectivity index (χ3v) is 3.07. The molecular weight excluding hydrogens is 313 g/mol. The van der Waals surface area contributed by atoms with Crippen LogP contribution in [-0.4, -0.2) is 25.4 Å². The number of amides is 1.